The van der Waals surface area contributed by atoms with Crippen LogP contribution >= 0.6 is 0 Å². The Morgan fingerprint density at radius 1 is 1.17 bits per heavy atom. The van der Waals surface area contributed by atoms with Gasteiger partial charge in [0.15, 0.2) is 5.79 Å². The highest BCUT2D eigenvalue weighted by Crippen LogP contribution is 2.56. The number of hydrogen-bond acceptors (Lipinski definition) is 3. The molecule has 0 amide bonds. The molecular formula is C19H26N2O2. The van der Waals surface area contributed by atoms with E-state index < -0.39 is 5.79 Å². The molecule has 0 radical (unpaired) electrons. The van der Waals surface area contributed by atoms with Gasteiger partial charge in [-0.3, -0.25) is 4.68 Å². The number of hydrogen-bond donors (Lipinski definition) is 0. The van der Waals surface area contributed by atoms with Gasteiger partial charge in [-0.2, -0.15) is 5.10 Å². The minimum atomic E-state index is -0.399. The fourth-order valence-corrected chi connectivity index (χ4v) is 5.39. The molecule has 124 valence electrons. The minimum absolute atomic E-state index is 0.0295. The van der Waals surface area contributed by atoms with Crippen LogP contribution in [0.1, 0.15) is 69.2 Å². The second-order valence-electron chi connectivity index (χ2n) is 7.92. The molecule has 0 unspecified atom stereocenters. The predicted molar refractivity (Wildman–Crippen MR) is 88.0 cm³/mol. The minimum Gasteiger partial charge on any atom is -0.347 e. The highest BCUT2D eigenvalue weighted by Gasteiger charge is 2.57. The zero-order valence-electron chi connectivity index (χ0n) is 14.0. The summed E-state index contributed by atoms with van der Waals surface area (Å²) >= 11 is 0. The lowest BCUT2D eigenvalue weighted by molar-refractivity contribution is -0.234. The van der Waals surface area contributed by atoms with Crippen molar-refractivity contribution in [1.29, 1.82) is 0 Å². The van der Waals surface area contributed by atoms with Crippen molar-refractivity contribution in [2.45, 2.75) is 70.1 Å². The van der Waals surface area contributed by atoms with Gasteiger partial charge in [-0.15, -0.1) is 0 Å². The molecule has 1 aromatic heterocycles. The summed E-state index contributed by atoms with van der Waals surface area (Å²) in [6.07, 6.45) is 14.1. The molecule has 23 heavy (non-hydrogen) atoms. The molecule has 0 bridgehead atoms. The smallest absolute Gasteiger partial charge is 0.177 e. The van der Waals surface area contributed by atoms with E-state index in [1.54, 1.807) is 0 Å². The van der Waals surface area contributed by atoms with Crippen LogP contribution in [0.15, 0.2) is 11.8 Å². The molecule has 1 saturated heterocycles. The van der Waals surface area contributed by atoms with Crippen molar-refractivity contribution in [3.8, 4) is 0 Å². The summed E-state index contributed by atoms with van der Waals surface area (Å²) < 4.78 is 14.7. The van der Waals surface area contributed by atoms with E-state index in [4.69, 9.17) is 14.6 Å². The lowest BCUT2D eigenvalue weighted by atomic mass is 9.62. The van der Waals surface area contributed by atoms with Gasteiger partial charge < -0.3 is 9.47 Å². The molecule has 2 heterocycles. The fourth-order valence-electron chi connectivity index (χ4n) is 5.39. The molecule has 4 heteroatoms. The van der Waals surface area contributed by atoms with Crippen molar-refractivity contribution >= 4 is 6.08 Å². The lowest BCUT2D eigenvalue weighted by Crippen LogP contribution is -2.53. The van der Waals surface area contributed by atoms with Crippen LogP contribution in [-0.4, -0.2) is 28.8 Å². The Bertz CT molecular complexity index is 650. The first-order valence-electron chi connectivity index (χ1n) is 9.27. The molecule has 1 spiro atoms. The Morgan fingerprint density at radius 3 is 2.74 bits per heavy atom. The number of aromatic nitrogens is 2. The highest BCUT2D eigenvalue weighted by molar-refractivity contribution is 5.60. The standard InChI is InChI=1S/C19H26N2O2/c1-18-12-14-13-20-21(16-6-2-3-7-16)17(14)11-15(18)5-4-8-19(18)22-9-10-23-19/h11,13,16H,2-10,12H2,1H3/t18-/m0/s1. The third-order valence-electron chi connectivity index (χ3n) is 6.69. The average molecular weight is 314 g/mol. The molecular weight excluding hydrogens is 288 g/mol. The Hall–Kier alpha value is -1.13. The van der Waals surface area contributed by atoms with Gasteiger partial charge in [0.05, 0.1) is 31.1 Å². The van der Waals surface area contributed by atoms with E-state index in [9.17, 15) is 0 Å². The van der Waals surface area contributed by atoms with Crippen LogP contribution in [0.3, 0.4) is 0 Å². The van der Waals surface area contributed by atoms with Gasteiger partial charge in [-0.05, 0) is 43.7 Å². The SMILES string of the molecule is C[C@]12Cc3cnn(C4CCCC4)c3C=C1CCCC21OCCO1. The molecule has 0 aromatic carbocycles. The summed E-state index contributed by atoms with van der Waals surface area (Å²) in [7, 11) is 0. The second-order valence-corrected chi connectivity index (χ2v) is 7.92. The maximum absolute atomic E-state index is 6.19. The van der Waals surface area contributed by atoms with Gasteiger partial charge in [-0.25, -0.2) is 0 Å². The number of nitrogens with zero attached hydrogens (tertiary/aromatic N) is 2. The number of ether oxygens (including phenoxy) is 2. The van der Waals surface area contributed by atoms with Crippen molar-refractivity contribution in [2.24, 2.45) is 5.41 Å². The second kappa shape index (κ2) is 4.93. The molecule has 1 aromatic rings. The molecule has 1 atom stereocenters. The monoisotopic (exact) mass is 314 g/mol. The van der Waals surface area contributed by atoms with Crippen molar-refractivity contribution in [3.05, 3.63) is 23.0 Å². The molecule has 3 fully saturated rings. The Kier molecular flexibility index (Phi) is 3.05. The summed E-state index contributed by atoms with van der Waals surface area (Å²) in [6.45, 7) is 3.81. The van der Waals surface area contributed by atoms with Crippen LogP contribution in [-0.2, 0) is 15.9 Å². The van der Waals surface area contributed by atoms with E-state index in [-0.39, 0.29) is 5.41 Å². The molecule has 5 rings (SSSR count). The third kappa shape index (κ3) is 1.88. The van der Waals surface area contributed by atoms with Crippen LogP contribution in [0.4, 0.5) is 0 Å². The largest absolute Gasteiger partial charge is 0.347 e. The Morgan fingerprint density at radius 2 is 1.96 bits per heavy atom. The predicted octanol–water partition coefficient (Wildman–Crippen LogP) is 3.87. The molecule has 3 aliphatic carbocycles. The van der Waals surface area contributed by atoms with Crippen molar-refractivity contribution in [2.75, 3.05) is 13.2 Å². The maximum Gasteiger partial charge on any atom is 0.177 e. The first-order valence-corrected chi connectivity index (χ1v) is 9.27. The summed E-state index contributed by atoms with van der Waals surface area (Å²) in [5.74, 6) is -0.399. The number of rotatable bonds is 1. The quantitative estimate of drug-likeness (QED) is 0.789. The van der Waals surface area contributed by atoms with Crippen LogP contribution in [0.2, 0.25) is 0 Å². The zero-order valence-corrected chi connectivity index (χ0v) is 14.0. The molecule has 4 aliphatic rings. The van der Waals surface area contributed by atoms with Crippen molar-refractivity contribution in [3.63, 3.8) is 0 Å². The molecule has 4 nitrogen and oxygen atoms in total. The Balaban J connectivity index is 1.57. The van der Waals surface area contributed by atoms with Gasteiger partial charge in [-0.1, -0.05) is 25.3 Å². The normalized spacial score (nSPS) is 32.8. The first kappa shape index (κ1) is 14.2. The van der Waals surface area contributed by atoms with Crippen LogP contribution < -0.4 is 0 Å². The molecule has 1 aliphatic heterocycles. The molecule has 0 N–H and O–H groups in total. The topological polar surface area (TPSA) is 36.3 Å². The van der Waals surface area contributed by atoms with Gasteiger partial charge in [0, 0.05) is 11.8 Å². The summed E-state index contributed by atoms with van der Waals surface area (Å²) in [4.78, 5) is 0. The lowest BCUT2D eigenvalue weighted by Gasteiger charge is -2.51. The van der Waals surface area contributed by atoms with E-state index in [2.05, 4.69) is 23.9 Å². The summed E-state index contributed by atoms with van der Waals surface area (Å²) in [6, 6.07) is 0.608. The highest BCUT2D eigenvalue weighted by atomic mass is 16.7. The van der Waals surface area contributed by atoms with E-state index in [1.807, 2.05) is 0 Å². The van der Waals surface area contributed by atoms with Crippen LogP contribution in [0.5, 0.6) is 0 Å². The van der Waals surface area contributed by atoms with Gasteiger partial charge in [0.2, 0.25) is 0 Å². The van der Waals surface area contributed by atoms with E-state index in [0.29, 0.717) is 6.04 Å². The van der Waals surface area contributed by atoms with E-state index >= 15 is 0 Å². The molecule has 2 saturated carbocycles. The average Bonchev–Trinajstić information content (AvgIpc) is 3.26. The summed E-state index contributed by atoms with van der Waals surface area (Å²) in [5, 5.41) is 4.77. The van der Waals surface area contributed by atoms with Gasteiger partial charge in [0.25, 0.3) is 0 Å². The maximum atomic E-state index is 6.19. The Labute approximate surface area is 137 Å². The third-order valence-corrected chi connectivity index (χ3v) is 6.69. The number of fused-ring (bicyclic) bond motifs is 3. The fraction of sp³-hybridized carbons (Fsp3) is 0.737. The van der Waals surface area contributed by atoms with E-state index in [0.717, 1.165) is 32.5 Å². The first-order chi connectivity index (χ1) is 11.2. The van der Waals surface area contributed by atoms with Crippen molar-refractivity contribution < 1.29 is 9.47 Å². The van der Waals surface area contributed by atoms with E-state index in [1.165, 1.54) is 48.9 Å². The summed E-state index contributed by atoms with van der Waals surface area (Å²) in [5.41, 5.74) is 4.22. The van der Waals surface area contributed by atoms with Gasteiger partial charge in [0.1, 0.15) is 0 Å². The van der Waals surface area contributed by atoms with Crippen LogP contribution in [0.25, 0.3) is 6.08 Å². The van der Waals surface area contributed by atoms with Crippen molar-refractivity contribution in [1.82, 2.24) is 9.78 Å². The zero-order chi connectivity index (χ0) is 15.5. The van der Waals surface area contributed by atoms with Gasteiger partial charge >= 0.3 is 0 Å². The van der Waals surface area contributed by atoms with Crippen LogP contribution in [0, 0.1) is 5.41 Å².